The van der Waals surface area contributed by atoms with E-state index in [9.17, 15) is 19.5 Å². The van der Waals surface area contributed by atoms with Gasteiger partial charge in [-0.1, -0.05) is 6.08 Å². The highest BCUT2D eigenvalue weighted by Crippen LogP contribution is 2.20. The lowest BCUT2D eigenvalue weighted by molar-refractivity contribution is -0.159. The summed E-state index contributed by atoms with van der Waals surface area (Å²) in [6.07, 6.45) is 2.17. The number of carbonyl (C=O) groups excluding carboxylic acids is 1. The first-order valence-corrected chi connectivity index (χ1v) is 9.10. The number of nitrogen functional groups attached to an aromatic ring is 1. The average Bonchev–Trinajstić information content (AvgIpc) is 2.66. The Morgan fingerprint density at radius 3 is 2.77 bits per heavy atom. The van der Waals surface area contributed by atoms with Gasteiger partial charge in [0.15, 0.2) is 18.3 Å². The molecule has 0 aliphatic carbocycles. The topological polar surface area (TPSA) is 216 Å². The molecule has 0 radical (unpaired) electrons. The Balaban J connectivity index is 2.01. The first-order chi connectivity index (χ1) is 14.1. The van der Waals surface area contributed by atoms with Crippen LogP contribution in [0, 0.1) is 5.41 Å². The number of ether oxygens (including phenoxy) is 1. The molecule has 0 saturated heterocycles. The lowest BCUT2D eigenvalue weighted by atomic mass is 10.1. The van der Waals surface area contributed by atoms with Crippen LogP contribution >= 0.6 is 0 Å². The lowest BCUT2D eigenvalue weighted by Gasteiger charge is -2.31. The first-order valence-electron chi connectivity index (χ1n) is 9.10. The maximum Gasteiger partial charge on any atom is 0.351 e. The Labute approximate surface area is 172 Å². The minimum absolute atomic E-state index is 0.0294. The standard InChI is InChI=1S/C17H26N8O5/c1-24(16(20)21)6-4-9(18)8-12(26)22-10-2-3-13(30-14(10)15(27)28)25-7-5-11(19)23-17(25)29/h2-3,5,7,9-10,13-14H,4,6,8,18H2,1H3,(H3,20,21)(H,22,26)(H,27,28)(H2,19,23,29)/t9?,10-,13+,14-/m1/s1. The van der Waals surface area contributed by atoms with E-state index in [1.54, 1.807) is 7.05 Å². The van der Waals surface area contributed by atoms with Crippen LogP contribution in [0.4, 0.5) is 5.82 Å². The van der Waals surface area contributed by atoms with Crippen LogP contribution in [0.25, 0.3) is 0 Å². The van der Waals surface area contributed by atoms with Crippen LogP contribution in [-0.4, -0.2) is 69.2 Å². The van der Waals surface area contributed by atoms with Gasteiger partial charge in [-0.05, 0) is 18.6 Å². The molecule has 0 spiro atoms. The third-order valence-corrected chi connectivity index (χ3v) is 4.49. The van der Waals surface area contributed by atoms with Gasteiger partial charge >= 0.3 is 11.7 Å². The van der Waals surface area contributed by atoms with E-state index in [0.717, 1.165) is 4.57 Å². The van der Waals surface area contributed by atoms with Crippen molar-refractivity contribution in [3.05, 3.63) is 34.9 Å². The lowest BCUT2D eigenvalue weighted by Crippen LogP contribution is -2.51. The predicted molar refractivity (Wildman–Crippen MR) is 107 cm³/mol. The van der Waals surface area contributed by atoms with Crippen molar-refractivity contribution in [2.24, 2.45) is 11.5 Å². The SMILES string of the molecule is CN(CCC(N)CC(=O)N[C@@H]1C=C[C@@H](n2ccc(N)nc2=O)O[C@H]1C(=O)O)C(=N)N. The maximum absolute atomic E-state index is 12.3. The van der Waals surface area contributed by atoms with Gasteiger partial charge in [0.05, 0.1) is 6.04 Å². The van der Waals surface area contributed by atoms with Gasteiger partial charge in [0.1, 0.15) is 5.82 Å². The molecule has 2 heterocycles. The fourth-order valence-corrected chi connectivity index (χ4v) is 2.77. The zero-order chi connectivity index (χ0) is 22.4. The van der Waals surface area contributed by atoms with E-state index in [1.807, 2.05) is 0 Å². The van der Waals surface area contributed by atoms with E-state index in [4.69, 9.17) is 27.3 Å². The van der Waals surface area contributed by atoms with Crippen molar-refractivity contribution >= 4 is 23.7 Å². The Bertz CT molecular complexity index is 885. The molecule has 1 aromatic heterocycles. The van der Waals surface area contributed by atoms with Crippen LogP contribution in [-0.2, 0) is 14.3 Å². The molecule has 30 heavy (non-hydrogen) atoms. The van der Waals surface area contributed by atoms with Gasteiger partial charge < -0.3 is 37.3 Å². The molecule has 0 aromatic carbocycles. The largest absolute Gasteiger partial charge is 0.479 e. The van der Waals surface area contributed by atoms with E-state index in [0.29, 0.717) is 13.0 Å². The second kappa shape index (κ2) is 9.84. The summed E-state index contributed by atoms with van der Waals surface area (Å²) in [5.41, 5.74) is 16.0. The molecule has 1 aromatic rings. The first kappa shape index (κ1) is 22.8. The predicted octanol–water partition coefficient (Wildman–Crippen LogP) is -2.22. The van der Waals surface area contributed by atoms with Gasteiger partial charge in [0.25, 0.3) is 0 Å². The molecule has 2 rings (SSSR count). The van der Waals surface area contributed by atoms with Crippen LogP contribution in [0.15, 0.2) is 29.2 Å². The zero-order valence-electron chi connectivity index (χ0n) is 16.4. The number of carbonyl (C=O) groups is 2. The normalized spacial score (nSPS) is 21.6. The summed E-state index contributed by atoms with van der Waals surface area (Å²) >= 11 is 0. The van der Waals surface area contributed by atoms with Gasteiger partial charge in [0.2, 0.25) is 5.91 Å². The third kappa shape index (κ3) is 6.02. The minimum Gasteiger partial charge on any atom is -0.479 e. The molecule has 1 aliphatic rings. The van der Waals surface area contributed by atoms with Crippen molar-refractivity contribution in [1.29, 1.82) is 5.41 Å². The van der Waals surface area contributed by atoms with Crippen molar-refractivity contribution in [2.75, 3.05) is 19.3 Å². The molecule has 4 atom stereocenters. The summed E-state index contributed by atoms with van der Waals surface area (Å²) in [6.45, 7) is 0.403. The number of nitrogens with two attached hydrogens (primary N) is 3. The number of guanidine groups is 1. The monoisotopic (exact) mass is 422 g/mol. The average molecular weight is 422 g/mol. The number of aliphatic carboxylic acids is 1. The Hall–Kier alpha value is -3.45. The van der Waals surface area contributed by atoms with Gasteiger partial charge in [-0.3, -0.25) is 14.8 Å². The van der Waals surface area contributed by atoms with Gasteiger partial charge in [-0.15, -0.1) is 0 Å². The molecule has 13 nitrogen and oxygen atoms in total. The Morgan fingerprint density at radius 2 is 2.17 bits per heavy atom. The summed E-state index contributed by atoms with van der Waals surface area (Å²) in [5, 5.41) is 19.4. The van der Waals surface area contributed by atoms with Gasteiger partial charge in [-0.25, -0.2) is 9.59 Å². The molecule has 1 amide bonds. The summed E-state index contributed by atoms with van der Waals surface area (Å²) < 4.78 is 6.57. The van der Waals surface area contributed by atoms with Crippen LogP contribution in [0.1, 0.15) is 19.1 Å². The molecule has 1 unspecified atom stereocenters. The van der Waals surface area contributed by atoms with E-state index >= 15 is 0 Å². The number of nitrogens with zero attached hydrogens (tertiary/aromatic N) is 3. The maximum atomic E-state index is 12.3. The molecule has 0 bridgehead atoms. The zero-order valence-corrected chi connectivity index (χ0v) is 16.4. The van der Waals surface area contributed by atoms with Crippen molar-refractivity contribution < 1.29 is 19.4 Å². The van der Waals surface area contributed by atoms with Crippen molar-refractivity contribution in [3.8, 4) is 0 Å². The minimum atomic E-state index is -1.42. The summed E-state index contributed by atoms with van der Waals surface area (Å²) in [5.74, 6) is -1.84. The van der Waals surface area contributed by atoms with E-state index in [2.05, 4.69) is 10.3 Å². The van der Waals surface area contributed by atoms with Gasteiger partial charge in [-0.2, -0.15) is 4.98 Å². The number of rotatable bonds is 8. The highest BCUT2D eigenvalue weighted by atomic mass is 16.5. The van der Waals surface area contributed by atoms with E-state index < -0.39 is 42.0 Å². The van der Waals surface area contributed by atoms with Crippen LogP contribution in [0.3, 0.4) is 0 Å². The Morgan fingerprint density at radius 1 is 1.47 bits per heavy atom. The van der Waals surface area contributed by atoms with Crippen LogP contribution in [0.2, 0.25) is 0 Å². The Kier molecular flexibility index (Phi) is 7.49. The number of carboxylic acid groups (broad SMARTS) is 1. The molecule has 0 fully saturated rings. The fourth-order valence-electron chi connectivity index (χ4n) is 2.77. The van der Waals surface area contributed by atoms with E-state index in [-0.39, 0.29) is 18.2 Å². The van der Waals surface area contributed by atoms with Crippen molar-refractivity contribution in [1.82, 2.24) is 19.8 Å². The number of carboxylic acids is 1. The van der Waals surface area contributed by atoms with Crippen molar-refractivity contribution in [2.45, 2.75) is 37.3 Å². The molecule has 9 N–H and O–H groups in total. The highest BCUT2D eigenvalue weighted by molar-refractivity contribution is 5.80. The van der Waals surface area contributed by atoms with Crippen LogP contribution in [0.5, 0.6) is 0 Å². The molecule has 164 valence electrons. The number of anilines is 1. The molecular formula is C17H26N8O5. The highest BCUT2D eigenvalue weighted by Gasteiger charge is 2.35. The fraction of sp³-hybridized carbons (Fsp3) is 0.471. The third-order valence-electron chi connectivity index (χ3n) is 4.49. The van der Waals surface area contributed by atoms with Crippen LogP contribution < -0.4 is 28.2 Å². The molecule has 13 heteroatoms. The number of nitrogens with one attached hydrogen (secondary N) is 2. The van der Waals surface area contributed by atoms with E-state index in [1.165, 1.54) is 29.3 Å². The second-order valence-corrected chi connectivity index (χ2v) is 6.87. The molecule has 1 aliphatic heterocycles. The summed E-state index contributed by atoms with van der Waals surface area (Å²) in [6, 6.07) is -0.0702. The number of amides is 1. The molecule has 0 saturated carbocycles. The number of hydrogen-bond acceptors (Lipinski definition) is 8. The summed E-state index contributed by atoms with van der Waals surface area (Å²) in [7, 11) is 1.63. The van der Waals surface area contributed by atoms with Gasteiger partial charge in [0, 0.05) is 32.3 Å². The summed E-state index contributed by atoms with van der Waals surface area (Å²) in [4.78, 5) is 40.9. The number of hydrogen-bond donors (Lipinski definition) is 6. The number of aromatic nitrogens is 2. The quantitative estimate of drug-likeness (QED) is 0.151. The second-order valence-electron chi connectivity index (χ2n) is 6.87. The van der Waals surface area contributed by atoms with Crippen molar-refractivity contribution in [3.63, 3.8) is 0 Å². The molecular weight excluding hydrogens is 396 g/mol. The smallest absolute Gasteiger partial charge is 0.351 e.